The van der Waals surface area contributed by atoms with E-state index >= 15 is 0 Å². The Hall–Kier alpha value is -2.53. The van der Waals surface area contributed by atoms with E-state index in [1.807, 2.05) is 22.9 Å². The molecular weight excluding hydrogens is 314 g/mol. The molecule has 0 bridgehead atoms. The maximum absolute atomic E-state index is 13.7. The summed E-state index contributed by atoms with van der Waals surface area (Å²) >= 11 is 1.53. The van der Waals surface area contributed by atoms with Crippen molar-refractivity contribution in [1.82, 2.24) is 9.38 Å². The van der Waals surface area contributed by atoms with E-state index in [4.69, 9.17) is 0 Å². The Labute approximate surface area is 135 Å². The summed E-state index contributed by atoms with van der Waals surface area (Å²) in [5.74, 6) is -0.451. The van der Waals surface area contributed by atoms with Crippen LogP contribution in [0.3, 0.4) is 0 Å². The second kappa shape index (κ2) is 5.59. The number of hydrogen-bond acceptors (Lipinski definition) is 2. The summed E-state index contributed by atoms with van der Waals surface area (Å²) < 4.78 is 28.6. The highest BCUT2D eigenvalue weighted by Gasteiger charge is 2.10. The quantitative estimate of drug-likeness (QED) is 0.522. The first kappa shape index (κ1) is 14.1. The van der Waals surface area contributed by atoms with Crippen LogP contribution in [0.15, 0.2) is 60.9 Å². The lowest BCUT2D eigenvalue weighted by atomic mass is 10.1. The van der Waals surface area contributed by atoms with Crippen molar-refractivity contribution in [3.05, 3.63) is 83.0 Å². The van der Waals surface area contributed by atoms with Crippen LogP contribution in [0.4, 0.5) is 8.78 Å². The average molecular weight is 326 g/mol. The Kier molecular flexibility index (Phi) is 3.42. The molecule has 0 unspecified atom stereocenters. The van der Waals surface area contributed by atoms with E-state index < -0.39 is 0 Å². The predicted molar refractivity (Wildman–Crippen MR) is 87.7 cm³/mol. The first-order valence-corrected chi connectivity index (χ1v) is 7.97. The zero-order valence-corrected chi connectivity index (χ0v) is 12.9. The van der Waals surface area contributed by atoms with Gasteiger partial charge in [0.2, 0.25) is 0 Å². The van der Waals surface area contributed by atoms with Crippen molar-refractivity contribution in [2.24, 2.45) is 0 Å². The molecule has 23 heavy (non-hydrogen) atoms. The topological polar surface area (TPSA) is 17.3 Å². The van der Waals surface area contributed by atoms with Crippen molar-refractivity contribution in [3.8, 4) is 11.3 Å². The van der Waals surface area contributed by atoms with Crippen LogP contribution in [0.1, 0.15) is 10.4 Å². The van der Waals surface area contributed by atoms with Gasteiger partial charge >= 0.3 is 0 Å². The van der Waals surface area contributed by atoms with Gasteiger partial charge in [0.15, 0.2) is 4.96 Å². The van der Waals surface area contributed by atoms with E-state index in [9.17, 15) is 8.78 Å². The normalized spacial score (nSPS) is 11.2. The second-order valence-electron chi connectivity index (χ2n) is 5.29. The number of thiazole rings is 1. The van der Waals surface area contributed by atoms with Crippen molar-refractivity contribution >= 4 is 16.3 Å². The second-order valence-corrected chi connectivity index (χ2v) is 6.38. The zero-order chi connectivity index (χ0) is 15.8. The van der Waals surface area contributed by atoms with Gasteiger partial charge in [-0.1, -0.05) is 18.2 Å². The minimum Gasteiger partial charge on any atom is -0.297 e. The molecular formula is C18H12F2N2S. The van der Waals surface area contributed by atoms with E-state index in [0.29, 0.717) is 12.0 Å². The fourth-order valence-electron chi connectivity index (χ4n) is 2.51. The van der Waals surface area contributed by atoms with Gasteiger partial charge in [0.05, 0.1) is 5.69 Å². The van der Waals surface area contributed by atoms with Crippen molar-refractivity contribution in [1.29, 1.82) is 0 Å². The molecule has 5 heteroatoms. The third-order valence-corrected chi connectivity index (χ3v) is 4.66. The minimum absolute atomic E-state index is 0.189. The van der Waals surface area contributed by atoms with Gasteiger partial charge in [-0.3, -0.25) is 4.40 Å². The summed E-state index contributed by atoms with van der Waals surface area (Å²) in [6.07, 6.45) is 4.42. The predicted octanol–water partition coefficient (Wildman–Crippen LogP) is 4.93. The number of fused-ring (bicyclic) bond motifs is 1. The van der Waals surface area contributed by atoms with Crippen molar-refractivity contribution in [2.45, 2.75) is 6.42 Å². The number of halogens is 2. The summed E-state index contributed by atoms with van der Waals surface area (Å²) in [7, 11) is 0. The van der Waals surface area contributed by atoms with E-state index in [2.05, 4.69) is 4.98 Å². The molecule has 0 aliphatic carbocycles. The highest BCUT2D eigenvalue weighted by Crippen LogP contribution is 2.26. The fraction of sp³-hybridized carbons (Fsp3) is 0.0556. The van der Waals surface area contributed by atoms with Crippen LogP contribution in [0.25, 0.3) is 16.2 Å². The van der Waals surface area contributed by atoms with Gasteiger partial charge < -0.3 is 0 Å². The van der Waals surface area contributed by atoms with Crippen molar-refractivity contribution in [2.75, 3.05) is 0 Å². The molecule has 0 N–H and O–H groups in total. The summed E-state index contributed by atoms with van der Waals surface area (Å²) in [6, 6.07) is 13.1. The Balaban J connectivity index is 1.64. The van der Waals surface area contributed by atoms with Gasteiger partial charge in [0.1, 0.15) is 11.6 Å². The first-order valence-electron chi connectivity index (χ1n) is 7.16. The number of imidazole rings is 1. The van der Waals surface area contributed by atoms with Crippen LogP contribution in [0, 0.1) is 11.6 Å². The van der Waals surface area contributed by atoms with Crippen LogP contribution in [0.2, 0.25) is 0 Å². The Morgan fingerprint density at radius 3 is 2.48 bits per heavy atom. The van der Waals surface area contributed by atoms with Crippen molar-refractivity contribution < 1.29 is 8.78 Å². The summed E-state index contributed by atoms with van der Waals surface area (Å²) in [6.45, 7) is 0. The lowest BCUT2D eigenvalue weighted by Gasteiger charge is -1.99. The molecule has 2 heterocycles. The molecule has 4 aromatic rings. The maximum Gasteiger partial charge on any atom is 0.194 e. The Bertz CT molecular complexity index is 939. The molecule has 0 atom stereocenters. The van der Waals surface area contributed by atoms with Crippen molar-refractivity contribution in [3.63, 3.8) is 0 Å². The van der Waals surface area contributed by atoms with E-state index in [1.165, 1.54) is 29.5 Å². The van der Waals surface area contributed by atoms with E-state index in [1.54, 1.807) is 24.3 Å². The number of aromatic nitrogens is 2. The standard InChI is InChI=1S/C18H12F2N2S/c19-14-7-5-12(6-8-14)17-11-22-10-15(23-18(22)21-17)9-13-3-1-2-4-16(13)20/h1-8,10-11H,9H2. The van der Waals surface area contributed by atoms with E-state index in [-0.39, 0.29) is 11.6 Å². The van der Waals surface area contributed by atoms with Gasteiger partial charge in [-0.05, 0) is 35.9 Å². The molecule has 4 rings (SSSR count). The third kappa shape index (κ3) is 2.75. The number of hydrogen-bond donors (Lipinski definition) is 0. The molecule has 0 spiro atoms. The Morgan fingerprint density at radius 2 is 1.74 bits per heavy atom. The molecule has 0 saturated heterocycles. The molecule has 2 nitrogen and oxygen atoms in total. The van der Waals surface area contributed by atoms with Gasteiger partial charge in [-0.25, -0.2) is 13.8 Å². The maximum atomic E-state index is 13.7. The van der Waals surface area contributed by atoms with Gasteiger partial charge in [-0.15, -0.1) is 11.3 Å². The lowest BCUT2D eigenvalue weighted by Crippen LogP contribution is -1.89. The summed E-state index contributed by atoms with van der Waals surface area (Å²) in [5.41, 5.74) is 2.35. The van der Waals surface area contributed by atoms with E-state index in [0.717, 1.165) is 21.1 Å². The van der Waals surface area contributed by atoms with Gasteiger partial charge in [0.25, 0.3) is 0 Å². The SMILES string of the molecule is Fc1ccc(-c2cn3cc(Cc4ccccc4F)sc3n2)cc1. The largest absolute Gasteiger partial charge is 0.297 e. The molecule has 2 aromatic carbocycles. The number of benzene rings is 2. The van der Waals surface area contributed by atoms with Crippen LogP contribution in [-0.4, -0.2) is 9.38 Å². The highest BCUT2D eigenvalue weighted by molar-refractivity contribution is 7.17. The molecule has 2 aromatic heterocycles. The average Bonchev–Trinajstić information content (AvgIpc) is 3.09. The summed E-state index contributed by atoms with van der Waals surface area (Å²) in [4.78, 5) is 6.45. The molecule has 0 saturated carbocycles. The number of rotatable bonds is 3. The molecule has 0 aliphatic rings. The molecule has 114 valence electrons. The minimum atomic E-state index is -0.262. The molecule has 0 fully saturated rings. The highest BCUT2D eigenvalue weighted by atomic mass is 32.1. The zero-order valence-electron chi connectivity index (χ0n) is 12.0. The van der Waals surface area contributed by atoms with Crippen LogP contribution < -0.4 is 0 Å². The van der Waals surface area contributed by atoms with Crippen LogP contribution in [0.5, 0.6) is 0 Å². The Morgan fingerprint density at radius 1 is 0.957 bits per heavy atom. The number of nitrogens with zero attached hydrogens (tertiary/aromatic N) is 2. The molecule has 0 aliphatic heterocycles. The van der Waals surface area contributed by atoms with Gasteiger partial charge in [-0.2, -0.15) is 0 Å². The first-order chi connectivity index (χ1) is 11.2. The summed E-state index contributed by atoms with van der Waals surface area (Å²) in [5, 5.41) is 0. The molecule has 0 amide bonds. The van der Waals surface area contributed by atoms with Crippen LogP contribution in [-0.2, 0) is 6.42 Å². The lowest BCUT2D eigenvalue weighted by molar-refractivity contribution is 0.614. The van der Waals surface area contributed by atoms with Gasteiger partial charge in [0, 0.05) is 29.3 Å². The van der Waals surface area contributed by atoms with Crippen LogP contribution >= 0.6 is 11.3 Å². The monoisotopic (exact) mass is 326 g/mol. The smallest absolute Gasteiger partial charge is 0.194 e. The molecule has 0 radical (unpaired) electrons. The fourth-order valence-corrected chi connectivity index (χ4v) is 3.50. The third-order valence-electron chi connectivity index (χ3n) is 3.67.